The number of fused-ring (bicyclic) bond motifs is 1. The van der Waals surface area contributed by atoms with Crippen molar-refractivity contribution in [1.29, 1.82) is 5.26 Å². The van der Waals surface area contributed by atoms with Gasteiger partial charge in [-0.15, -0.1) is 0 Å². The van der Waals surface area contributed by atoms with Crippen LogP contribution in [0.25, 0.3) is 22.3 Å². The van der Waals surface area contributed by atoms with Gasteiger partial charge in [-0.3, -0.25) is 19.1 Å². The van der Waals surface area contributed by atoms with Gasteiger partial charge in [0.05, 0.1) is 44.1 Å². The average molecular weight is 659 g/mol. The summed E-state index contributed by atoms with van der Waals surface area (Å²) in [7, 11) is 0. The van der Waals surface area contributed by atoms with Gasteiger partial charge in [0.15, 0.2) is 18.2 Å². The normalized spacial score (nSPS) is 19.0. The number of rotatable bonds is 5. The number of anilines is 1. The van der Waals surface area contributed by atoms with Crippen molar-refractivity contribution in [3.8, 4) is 11.8 Å². The summed E-state index contributed by atoms with van der Waals surface area (Å²) in [5.41, 5.74) is 4.75. The molecule has 1 saturated heterocycles. The van der Waals surface area contributed by atoms with Crippen LogP contribution in [0.5, 0.6) is 0 Å². The summed E-state index contributed by atoms with van der Waals surface area (Å²) >= 11 is 12.5. The van der Waals surface area contributed by atoms with Crippen LogP contribution in [0, 0.1) is 18.3 Å². The van der Waals surface area contributed by atoms with E-state index in [-0.39, 0.29) is 71.0 Å². The summed E-state index contributed by atoms with van der Waals surface area (Å²) in [5, 5.41) is 9.36. The van der Waals surface area contributed by atoms with Crippen LogP contribution in [0.2, 0.25) is 5.02 Å². The van der Waals surface area contributed by atoms with E-state index in [0.717, 1.165) is 0 Å². The third-order valence-corrected chi connectivity index (χ3v) is 8.61. The number of nitrogens with zero attached hydrogens (tertiary/aromatic N) is 6. The Labute approximate surface area is 266 Å². The van der Waals surface area contributed by atoms with Crippen molar-refractivity contribution >= 4 is 51.4 Å². The number of nitriles is 1. The molecule has 14 heteroatoms. The third kappa shape index (κ3) is 5.23. The van der Waals surface area contributed by atoms with Gasteiger partial charge in [-0.2, -0.15) is 5.26 Å². The lowest BCUT2D eigenvalue weighted by atomic mass is 9.96. The quantitative estimate of drug-likeness (QED) is 0.367. The molecule has 2 aliphatic rings. The molecular weight excluding hydrogens is 630 g/mol. The molecule has 0 bridgehead atoms. The standard InChI is InChI=1S/C31H28Cl2F3N7O2/c1-5-19(44)41-8-10-42(11-9-41)29-16-12-18(32)27(20-22(34)21(33)23(35)24(36)25(20)38)40-30(16)43(31(45)17(29)13-37)28-15(4)6-7-39-26(28)14(2)3/h5-7,12,14,23-24H,1,8-11,38H2,2-4H3/t23?,24-/m1/s1. The first-order valence-corrected chi connectivity index (χ1v) is 14.7. The summed E-state index contributed by atoms with van der Waals surface area (Å²) < 4.78 is 45.9. The molecule has 9 nitrogen and oxygen atoms in total. The Hall–Kier alpha value is -4.34. The number of aryl methyl sites for hydroxylation is 1. The minimum atomic E-state index is -2.52. The Morgan fingerprint density at radius 1 is 1.20 bits per heavy atom. The SMILES string of the molecule is C=CC(=O)N1CCN(c2c(C#N)c(=O)n(-c3c(C)ccnc3C(C)C)c3nc(C4=C(N)[C@H](F)C(F)C(Cl)=C4F)c(Cl)cc23)CC1. The summed E-state index contributed by atoms with van der Waals surface area (Å²) in [5.74, 6) is -1.78. The number of amides is 1. The van der Waals surface area contributed by atoms with Crippen LogP contribution in [0.15, 0.2) is 52.3 Å². The lowest BCUT2D eigenvalue weighted by Gasteiger charge is -2.36. The third-order valence-electron chi connectivity index (χ3n) is 7.95. The fourth-order valence-electron chi connectivity index (χ4n) is 5.68. The molecule has 1 aliphatic heterocycles. The minimum absolute atomic E-state index is 0.0574. The number of carbonyl (C=O) groups is 1. The average Bonchev–Trinajstić information content (AvgIpc) is 3.02. The number of carbonyl (C=O) groups excluding carboxylic acids is 1. The predicted molar refractivity (Wildman–Crippen MR) is 168 cm³/mol. The van der Waals surface area contributed by atoms with Crippen LogP contribution in [-0.4, -0.2) is 63.9 Å². The summed E-state index contributed by atoms with van der Waals surface area (Å²) in [6.07, 6.45) is -2.19. The summed E-state index contributed by atoms with van der Waals surface area (Å²) in [6.45, 7) is 10.1. The van der Waals surface area contributed by atoms with Crippen molar-refractivity contribution in [2.24, 2.45) is 5.73 Å². The number of allylic oxidation sites excluding steroid dienone is 4. The molecule has 45 heavy (non-hydrogen) atoms. The van der Waals surface area contributed by atoms with E-state index in [9.17, 15) is 23.6 Å². The van der Waals surface area contributed by atoms with E-state index in [0.29, 0.717) is 16.9 Å². The van der Waals surface area contributed by atoms with Gasteiger partial charge in [0.2, 0.25) is 5.91 Å². The lowest BCUT2D eigenvalue weighted by molar-refractivity contribution is -0.126. The molecule has 1 aliphatic carbocycles. The van der Waals surface area contributed by atoms with E-state index in [1.807, 2.05) is 19.9 Å². The van der Waals surface area contributed by atoms with Crippen molar-refractivity contribution in [2.45, 2.75) is 39.0 Å². The molecule has 5 rings (SSSR count). The van der Waals surface area contributed by atoms with Crippen molar-refractivity contribution in [2.75, 3.05) is 31.1 Å². The first-order valence-electron chi connectivity index (χ1n) is 14.0. The van der Waals surface area contributed by atoms with Crippen LogP contribution < -0.4 is 16.2 Å². The maximum Gasteiger partial charge on any atom is 0.276 e. The van der Waals surface area contributed by atoms with Crippen LogP contribution >= 0.6 is 23.2 Å². The molecule has 1 fully saturated rings. The molecular formula is C31H28Cl2F3N7O2. The fourth-order valence-corrected chi connectivity index (χ4v) is 6.13. The number of alkyl halides is 2. The highest BCUT2D eigenvalue weighted by Gasteiger charge is 2.39. The number of aromatic nitrogens is 3. The van der Waals surface area contributed by atoms with E-state index < -0.39 is 40.0 Å². The highest BCUT2D eigenvalue weighted by Crippen LogP contribution is 2.43. The van der Waals surface area contributed by atoms with E-state index in [1.165, 1.54) is 16.7 Å². The molecule has 4 heterocycles. The molecule has 0 spiro atoms. The van der Waals surface area contributed by atoms with Crippen LogP contribution in [0.4, 0.5) is 18.9 Å². The first kappa shape index (κ1) is 32.1. The van der Waals surface area contributed by atoms with Crippen molar-refractivity contribution in [3.05, 3.63) is 85.4 Å². The Bertz CT molecular complexity index is 1920. The lowest BCUT2D eigenvalue weighted by Crippen LogP contribution is -2.49. The second-order valence-electron chi connectivity index (χ2n) is 11.0. The van der Waals surface area contributed by atoms with Gasteiger partial charge in [-0.1, -0.05) is 43.6 Å². The molecule has 3 aromatic rings. The number of nitrogens with two attached hydrogens (primary N) is 1. The second-order valence-corrected chi connectivity index (χ2v) is 11.8. The van der Waals surface area contributed by atoms with Gasteiger partial charge in [-0.05, 0) is 36.6 Å². The Kier molecular flexibility index (Phi) is 8.70. The van der Waals surface area contributed by atoms with E-state index >= 15 is 4.39 Å². The van der Waals surface area contributed by atoms with E-state index in [4.69, 9.17) is 28.9 Å². The van der Waals surface area contributed by atoms with Gasteiger partial charge in [0, 0.05) is 37.8 Å². The zero-order valence-corrected chi connectivity index (χ0v) is 26.1. The minimum Gasteiger partial charge on any atom is -0.399 e. The molecule has 0 radical (unpaired) electrons. The smallest absolute Gasteiger partial charge is 0.276 e. The monoisotopic (exact) mass is 657 g/mol. The molecule has 0 saturated carbocycles. The molecule has 0 aromatic carbocycles. The summed E-state index contributed by atoms with van der Waals surface area (Å²) in [4.78, 5) is 39.0. The molecule has 3 aromatic heterocycles. The van der Waals surface area contributed by atoms with Crippen LogP contribution in [-0.2, 0) is 4.79 Å². The molecule has 234 valence electrons. The van der Waals surface area contributed by atoms with Gasteiger partial charge in [-0.25, -0.2) is 18.2 Å². The van der Waals surface area contributed by atoms with Gasteiger partial charge in [0.25, 0.3) is 5.56 Å². The maximum absolute atomic E-state index is 15.5. The first-order chi connectivity index (χ1) is 21.3. The van der Waals surface area contributed by atoms with Gasteiger partial charge < -0.3 is 15.5 Å². The van der Waals surface area contributed by atoms with Gasteiger partial charge >= 0.3 is 0 Å². The van der Waals surface area contributed by atoms with E-state index in [2.05, 4.69) is 16.5 Å². The summed E-state index contributed by atoms with van der Waals surface area (Å²) in [6, 6.07) is 5.10. The zero-order chi connectivity index (χ0) is 32.9. The fraction of sp³-hybridized carbons (Fsp3) is 0.323. The van der Waals surface area contributed by atoms with Crippen LogP contribution in [0.1, 0.15) is 42.3 Å². The van der Waals surface area contributed by atoms with Crippen molar-refractivity contribution < 1.29 is 18.0 Å². The Balaban J connectivity index is 1.90. The molecule has 2 N–H and O–H groups in total. The second kappa shape index (κ2) is 12.2. The number of hydrogen-bond acceptors (Lipinski definition) is 7. The Morgan fingerprint density at radius 2 is 1.87 bits per heavy atom. The number of halogens is 5. The van der Waals surface area contributed by atoms with Crippen LogP contribution in [0.3, 0.4) is 0 Å². The number of piperazine rings is 1. The molecule has 1 amide bonds. The highest BCUT2D eigenvalue weighted by atomic mass is 35.5. The largest absolute Gasteiger partial charge is 0.399 e. The van der Waals surface area contributed by atoms with E-state index in [1.54, 1.807) is 29.0 Å². The zero-order valence-electron chi connectivity index (χ0n) is 24.5. The number of hydrogen-bond donors (Lipinski definition) is 1. The molecule has 1 unspecified atom stereocenters. The van der Waals surface area contributed by atoms with Crippen molar-refractivity contribution in [3.63, 3.8) is 0 Å². The predicted octanol–water partition coefficient (Wildman–Crippen LogP) is 5.35. The topological polar surface area (TPSA) is 121 Å². The highest BCUT2D eigenvalue weighted by molar-refractivity contribution is 6.34. The maximum atomic E-state index is 15.5. The number of pyridine rings is 3. The van der Waals surface area contributed by atoms with Crippen molar-refractivity contribution in [1.82, 2.24) is 19.4 Å². The Morgan fingerprint density at radius 3 is 2.47 bits per heavy atom. The molecule has 2 atom stereocenters. The van der Waals surface area contributed by atoms with Gasteiger partial charge in [0.1, 0.15) is 17.3 Å².